The Morgan fingerprint density at radius 1 is 1.22 bits per heavy atom. The van der Waals surface area contributed by atoms with Gasteiger partial charge in [-0.05, 0) is 24.5 Å². The van der Waals surface area contributed by atoms with E-state index in [0.717, 1.165) is 18.6 Å². The third kappa shape index (κ3) is 4.70. The highest BCUT2D eigenvalue weighted by Crippen LogP contribution is 2.19. The molecule has 0 aliphatic rings. The van der Waals surface area contributed by atoms with E-state index in [4.69, 9.17) is 0 Å². The van der Waals surface area contributed by atoms with E-state index in [1.165, 1.54) is 18.5 Å². The minimum Gasteiger partial charge on any atom is -0.370 e. The average Bonchev–Trinajstić information content (AvgIpc) is 2.51. The Morgan fingerprint density at radius 3 is 2.57 bits per heavy atom. The number of carbonyl (C=O) groups excluding carboxylic acids is 1. The van der Waals surface area contributed by atoms with E-state index >= 15 is 0 Å². The van der Waals surface area contributed by atoms with Gasteiger partial charge in [-0.3, -0.25) is 4.79 Å². The normalized spacial score (nSPS) is 10.7. The molecule has 23 heavy (non-hydrogen) atoms. The number of rotatable bonds is 6. The molecule has 0 fully saturated rings. The second-order valence-corrected chi connectivity index (χ2v) is 5.45. The number of para-hydroxylation sites is 1. The number of anilines is 2. The maximum absolute atomic E-state index is 13.5. The lowest BCUT2D eigenvalue weighted by atomic mass is 10.1. The minimum atomic E-state index is -0.845. The van der Waals surface area contributed by atoms with Crippen LogP contribution in [-0.4, -0.2) is 22.4 Å². The fourth-order valence-electron chi connectivity index (χ4n) is 1.86. The van der Waals surface area contributed by atoms with Crippen LogP contribution < -0.4 is 10.6 Å². The lowest BCUT2D eigenvalue weighted by Gasteiger charge is -2.09. The molecule has 2 aromatic rings. The topological polar surface area (TPSA) is 66.9 Å². The van der Waals surface area contributed by atoms with E-state index in [1.807, 2.05) is 0 Å². The molecule has 0 spiro atoms. The van der Waals surface area contributed by atoms with Gasteiger partial charge in [-0.15, -0.1) is 0 Å². The number of nitrogens with one attached hydrogen (secondary N) is 2. The second-order valence-electron chi connectivity index (χ2n) is 5.45. The van der Waals surface area contributed by atoms with E-state index in [9.17, 15) is 13.6 Å². The molecule has 0 radical (unpaired) electrons. The highest BCUT2D eigenvalue weighted by molar-refractivity contribution is 6.03. The first kappa shape index (κ1) is 16.8. The summed E-state index contributed by atoms with van der Waals surface area (Å²) in [5, 5.41) is 5.27. The van der Waals surface area contributed by atoms with Crippen molar-refractivity contribution in [1.29, 1.82) is 0 Å². The molecule has 1 amide bonds. The number of benzene rings is 1. The van der Waals surface area contributed by atoms with Gasteiger partial charge < -0.3 is 10.6 Å². The molecule has 0 saturated carbocycles. The van der Waals surface area contributed by atoms with Gasteiger partial charge in [0.05, 0.1) is 0 Å². The van der Waals surface area contributed by atoms with Crippen molar-refractivity contribution < 1.29 is 13.6 Å². The van der Waals surface area contributed by atoms with Gasteiger partial charge in [0, 0.05) is 12.6 Å². The van der Waals surface area contributed by atoms with Crippen molar-refractivity contribution in [2.45, 2.75) is 20.3 Å². The van der Waals surface area contributed by atoms with E-state index in [2.05, 4.69) is 34.4 Å². The predicted octanol–water partition coefficient (Wildman–Crippen LogP) is 3.47. The van der Waals surface area contributed by atoms with Crippen LogP contribution in [0.4, 0.5) is 20.3 Å². The first-order valence-electron chi connectivity index (χ1n) is 7.28. The summed E-state index contributed by atoms with van der Waals surface area (Å²) in [5.41, 5.74) is -0.472. The molecule has 0 bridgehead atoms. The monoisotopic (exact) mass is 320 g/mol. The molecule has 2 rings (SSSR count). The van der Waals surface area contributed by atoms with Gasteiger partial charge >= 0.3 is 0 Å². The van der Waals surface area contributed by atoms with Crippen molar-refractivity contribution >= 4 is 17.4 Å². The van der Waals surface area contributed by atoms with Crippen LogP contribution in [0.25, 0.3) is 0 Å². The summed E-state index contributed by atoms with van der Waals surface area (Å²) in [6.45, 7) is 4.91. The third-order valence-corrected chi connectivity index (χ3v) is 3.13. The molecule has 1 heterocycles. The van der Waals surface area contributed by atoms with Crippen molar-refractivity contribution in [3.8, 4) is 0 Å². The van der Waals surface area contributed by atoms with Crippen LogP contribution in [0.1, 0.15) is 30.8 Å². The molecule has 122 valence electrons. The summed E-state index contributed by atoms with van der Waals surface area (Å²) in [6, 6.07) is 4.80. The molecule has 0 saturated heterocycles. The molecule has 2 N–H and O–H groups in total. The number of aromatic nitrogens is 2. The fourth-order valence-corrected chi connectivity index (χ4v) is 1.86. The summed E-state index contributed by atoms with van der Waals surface area (Å²) >= 11 is 0. The number of amides is 1. The minimum absolute atomic E-state index is 0.0229. The first-order valence-corrected chi connectivity index (χ1v) is 7.28. The van der Waals surface area contributed by atoms with Gasteiger partial charge in [0.15, 0.2) is 0 Å². The van der Waals surface area contributed by atoms with Crippen molar-refractivity contribution in [1.82, 2.24) is 9.97 Å². The zero-order chi connectivity index (χ0) is 16.8. The number of hydrogen-bond donors (Lipinski definition) is 2. The quantitative estimate of drug-likeness (QED) is 0.855. The van der Waals surface area contributed by atoms with Gasteiger partial charge in [-0.25, -0.2) is 18.7 Å². The summed E-state index contributed by atoms with van der Waals surface area (Å²) in [4.78, 5) is 19.9. The van der Waals surface area contributed by atoms with E-state index < -0.39 is 23.2 Å². The molecular weight excluding hydrogens is 302 g/mol. The van der Waals surface area contributed by atoms with Crippen LogP contribution in [0, 0.1) is 17.6 Å². The highest BCUT2D eigenvalue weighted by Gasteiger charge is 2.15. The third-order valence-electron chi connectivity index (χ3n) is 3.13. The number of carbonyl (C=O) groups is 1. The number of nitrogens with zero attached hydrogens (tertiary/aromatic N) is 2. The molecule has 0 aliphatic heterocycles. The van der Waals surface area contributed by atoms with Crippen LogP contribution in [0.5, 0.6) is 0 Å². The fraction of sp³-hybridized carbons (Fsp3) is 0.312. The maximum Gasteiger partial charge on any atom is 0.274 e. The standard InChI is InChI=1S/C16H18F2N4O/c1-10(2)6-7-19-14-8-13(20-9-21-14)16(23)22-15-11(17)4-3-5-12(15)18/h3-5,8-10H,6-7H2,1-2H3,(H,22,23)(H,19,20,21). The number of halogens is 2. The summed E-state index contributed by atoms with van der Waals surface area (Å²) in [7, 11) is 0. The molecule has 5 nitrogen and oxygen atoms in total. The molecule has 0 unspecified atom stereocenters. The lowest BCUT2D eigenvalue weighted by molar-refractivity contribution is 0.102. The molecule has 0 atom stereocenters. The largest absolute Gasteiger partial charge is 0.370 e. The summed E-state index contributed by atoms with van der Waals surface area (Å²) in [6.07, 6.45) is 2.18. The molecule has 7 heteroatoms. The van der Waals surface area contributed by atoms with Gasteiger partial charge in [-0.2, -0.15) is 0 Å². The van der Waals surface area contributed by atoms with Crippen molar-refractivity contribution in [3.05, 3.63) is 47.9 Å². The zero-order valence-electron chi connectivity index (χ0n) is 12.9. The summed E-state index contributed by atoms with van der Waals surface area (Å²) in [5.74, 6) is -1.37. The molecular formula is C16H18F2N4O. The van der Waals surface area contributed by atoms with Crippen LogP contribution in [0.2, 0.25) is 0 Å². The second kappa shape index (κ2) is 7.62. The Bertz CT molecular complexity index is 671. The van der Waals surface area contributed by atoms with E-state index in [0.29, 0.717) is 18.3 Å². The van der Waals surface area contributed by atoms with Crippen LogP contribution in [0.15, 0.2) is 30.6 Å². The van der Waals surface area contributed by atoms with Crippen LogP contribution >= 0.6 is 0 Å². The molecule has 1 aromatic heterocycles. The predicted molar refractivity (Wildman–Crippen MR) is 84.3 cm³/mol. The Kier molecular flexibility index (Phi) is 5.56. The van der Waals surface area contributed by atoms with Gasteiger partial charge in [0.1, 0.15) is 35.2 Å². The zero-order valence-corrected chi connectivity index (χ0v) is 12.9. The molecule has 0 aliphatic carbocycles. The van der Waals surface area contributed by atoms with Gasteiger partial charge in [0.25, 0.3) is 5.91 Å². The Balaban J connectivity index is 2.08. The maximum atomic E-state index is 13.5. The highest BCUT2D eigenvalue weighted by atomic mass is 19.1. The van der Waals surface area contributed by atoms with Crippen LogP contribution in [-0.2, 0) is 0 Å². The van der Waals surface area contributed by atoms with Crippen LogP contribution in [0.3, 0.4) is 0 Å². The van der Waals surface area contributed by atoms with E-state index in [-0.39, 0.29) is 5.69 Å². The average molecular weight is 320 g/mol. The first-order chi connectivity index (χ1) is 11.0. The Morgan fingerprint density at radius 2 is 1.91 bits per heavy atom. The smallest absolute Gasteiger partial charge is 0.274 e. The molecule has 1 aromatic carbocycles. The van der Waals surface area contributed by atoms with Crippen molar-refractivity contribution in [3.63, 3.8) is 0 Å². The Hall–Kier alpha value is -2.57. The summed E-state index contributed by atoms with van der Waals surface area (Å²) < 4.78 is 27.1. The van der Waals surface area contributed by atoms with E-state index in [1.54, 1.807) is 0 Å². The van der Waals surface area contributed by atoms with Crippen molar-refractivity contribution in [2.24, 2.45) is 5.92 Å². The van der Waals surface area contributed by atoms with Crippen molar-refractivity contribution in [2.75, 3.05) is 17.2 Å². The van der Waals surface area contributed by atoms with Gasteiger partial charge in [-0.1, -0.05) is 19.9 Å². The number of hydrogen-bond acceptors (Lipinski definition) is 4. The van der Waals surface area contributed by atoms with Gasteiger partial charge in [0.2, 0.25) is 0 Å². The Labute approximate surface area is 133 Å². The SMILES string of the molecule is CC(C)CCNc1cc(C(=O)Nc2c(F)cccc2F)ncn1. The lowest BCUT2D eigenvalue weighted by Crippen LogP contribution is -2.17.